The molecule has 1 fully saturated rings. The third-order valence-corrected chi connectivity index (χ3v) is 5.82. The number of rotatable bonds is 1. The lowest BCUT2D eigenvalue weighted by molar-refractivity contribution is 0.0162. The quantitative estimate of drug-likeness (QED) is 0.560. The van der Waals surface area contributed by atoms with Gasteiger partial charge >= 0.3 is 6.09 Å². The minimum absolute atomic E-state index is 0.183. The molecule has 166 valence electrons. The summed E-state index contributed by atoms with van der Waals surface area (Å²) >= 11 is 12.4. The van der Waals surface area contributed by atoms with Gasteiger partial charge in [0.2, 0.25) is 0 Å². The summed E-state index contributed by atoms with van der Waals surface area (Å²) in [5.41, 5.74) is 1.04. The van der Waals surface area contributed by atoms with E-state index in [1.54, 1.807) is 29.2 Å². The van der Waals surface area contributed by atoms with Crippen molar-refractivity contribution in [2.45, 2.75) is 51.4 Å². The predicted molar refractivity (Wildman–Crippen MR) is 122 cm³/mol. The van der Waals surface area contributed by atoms with Crippen molar-refractivity contribution < 1.29 is 19.4 Å². The van der Waals surface area contributed by atoms with Gasteiger partial charge in [0.15, 0.2) is 11.5 Å². The molecule has 0 saturated carbocycles. The minimum atomic E-state index is -0.792. The van der Waals surface area contributed by atoms with Crippen molar-refractivity contribution in [2.24, 2.45) is 0 Å². The molecule has 1 amide bonds. The molecular formula is C23H26Cl2N2O4. The molecule has 0 aliphatic carbocycles. The van der Waals surface area contributed by atoms with Crippen LogP contribution in [0.4, 0.5) is 16.2 Å². The number of ether oxygens (including phenoxy) is 2. The van der Waals surface area contributed by atoms with Crippen LogP contribution in [0.15, 0.2) is 36.4 Å². The van der Waals surface area contributed by atoms with Crippen molar-refractivity contribution >= 4 is 40.7 Å². The fourth-order valence-electron chi connectivity index (χ4n) is 4.06. The molecule has 2 aromatic carbocycles. The zero-order valence-corrected chi connectivity index (χ0v) is 19.3. The Morgan fingerprint density at radius 3 is 2.23 bits per heavy atom. The maximum Gasteiger partial charge on any atom is 0.410 e. The van der Waals surface area contributed by atoms with Crippen LogP contribution in [0.25, 0.3) is 0 Å². The summed E-state index contributed by atoms with van der Waals surface area (Å²) in [4.78, 5) is 16.3. The minimum Gasteiger partial charge on any atom is -0.453 e. The van der Waals surface area contributed by atoms with Crippen molar-refractivity contribution in [3.8, 4) is 11.5 Å². The van der Waals surface area contributed by atoms with E-state index in [9.17, 15) is 9.90 Å². The Morgan fingerprint density at radius 2 is 1.68 bits per heavy atom. The number of nitrogens with zero attached hydrogens (tertiary/aromatic N) is 2. The number of hydrogen-bond acceptors (Lipinski definition) is 5. The van der Waals surface area contributed by atoms with Crippen molar-refractivity contribution in [3.05, 3.63) is 46.4 Å². The van der Waals surface area contributed by atoms with E-state index in [0.717, 1.165) is 17.8 Å². The Bertz CT molecular complexity index is 941. The van der Waals surface area contributed by atoms with Gasteiger partial charge in [-0.05, 0) is 57.9 Å². The van der Waals surface area contributed by atoms with Crippen molar-refractivity contribution in [1.82, 2.24) is 4.90 Å². The fraction of sp³-hybridized carbons (Fsp3) is 0.435. The molecule has 2 heterocycles. The van der Waals surface area contributed by atoms with Gasteiger partial charge in [0.25, 0.3) is 0 Å². The molecule has 0 unspecified atom stereocenters. The standard InChI is InChI=1S/C23H26Cl2N2O4/c1-23(2,3)31-22(29)26-10-4-5-16(19(28)13-26)27-17-8-6-14(24)11-20(17)30-21-12-15(25)7-9-18(21)27/h6-9,11-12,16,19,28H,4-5,10,13H2,1-3H3/t16-,19-/m0/s1. The highest BCUT2D eigenvalue weighted by Gasteiger charge is 2.38. The number of amides is 1. The number of β-amino-alcohol motifs (C(OH)–C–C–N with tert-alkyl or cyclic N) is 1. The number of halogens is 2. The average Bonchev–Trinajstić information content (AvgIpc) is 2.86. The fourth-order valence-corrected chi connectivity index (χ4v) is 4.38. The van der Waals surface area contributed by atoms with Crippen LogP contribution in [-0.4, -0.2) is 46.9 Å². The summed E-state index contributed by atoms with van der Waals surface area (Å²) < 4.78 is 11.6. The van der Waals surface area contributed by atoms with E-state index < -0.39 is 17.8 Å². The topological polar surface area (TPSA) is 62.2 Å². The molecule has 0 radical (unpaired) electrons. The number of fused-ring (bicyclic) bond motifs is 2. The van der Waals surface area contributed by atoms with Crippen LogP contribution >= 0.6 is 23.2 Å². The van der Waals surface area contributed by atoms with Gasteiger partial charge in [-0.15, -0.1) is 0 Å². The van der Waals surface area contributed by atoms with E-state index in [0.29, 0.717) is 34.5 Å². The molecule has 8 heteroatoms. The normalized spacial score (nSPS) is 21.0. The lowest BCUT2D eigenvalue weighted by Crippen LogP contribution is -2.47. The van der Waals surface area contributed by atoms with E-state index >= 15 is 0 Å². The maximum absolute atomic E-state index is 12.6. The number of aliphatic hydroxyl groups is 1. The van der Waals surface area contributed by atoms with Gasteiger partial charge in [0, 0.05) is 28.7 Å². The predicted octanol–water partition coefficient (Wildman–Crippen LogP) is 6.00. The number of anilines is 2. The molecule has 1 N–H and O–H groups in total. The molecule has 0 aromatic heterocycles. The number of carbonyl (C=O) groups is 1. The van der Waals surface area contributed by atoms with Crippen LogP contribution in [0.2, 0.25) is 10.0 Å². The summed E-state index contributed by atoms with van der Waals surface area (Å²) in [6.45, 7) is 6.20. The van der Waals surface area contributed by atoms with Crippen molar-refractivity contribution in [2.75, 3.05) is 18.0 Å². The lowest BCUT2D eigenvalue weighted by Gasteiger charge is -2.40. The molecule has 2 atom stereocenters. The van der Waals surface area contributed by atoms with Gasteiger partial charge in [-0.2, -0.15) is 0 Å². The Labute approximate surface area is 192 Å². The molecule has 1 saturated heterocycles. The van der Waals surface area contributed by atoms with Gasteiger partial charge in [-0.25, -0.2) is 4.79 Å². The Kier molecular flexibility index (Phi) is 5.99. The SMILES string of the molecule is CC(C)(C)OC(=O)N1CCC[C@H](N2c3ccc(Cl)cc3Oc3cc(Cl)ccc32)[C@@H](O)C1. The van der Waals surface area contributed by atoms with Gasteiger partial charge in [0.1, 0.15) is 5.60 Å². The number of benzene rings is 2. The van der Waals surface area contributed by atoms with Crippen LogP contribution < -0.4 is 9.64 Å². The van der Waals surface area contributed by atoms with E-state index in [1.807, 2.05) is 32.9 Å². The molecule has 2 aliphatic heterocycles. The second-order valence-electron chi connectivity index (χ2n) is 8.90. The Balaban J connectivity index is 1.67. The monoisotopic (exact) mass is 464 g/mol. The Morgan fingerprint density at radius 1 is 1.10 bits per heavy atom. The zero-order valence-electron chi connectivity index (χ0n) is 17.8. The lowest BCUT2D eigenvalue weighted by atomic mass is 10.0. The highest BCUT2D eigenvalue weighted by Crippen LogP contribution is 2.50. The average molecular weight is 465 g/mol. The van der Waals surface area contributed by atoms with Gasteiger partial charge < -0.3 is 24.4 Å². The van der Waals surface area contributed by atoms with Crippen LogP contribution in [0.3, 0.4) is 0 Å². The molecule has 0 bridgehead atoms. The van der Waals surface area contributed by atoms with E-state index in [-0.39, 0.29) is 12.6 Å². The Hall–Kier alpha value is -2.15. The summed E-state index contributed by atoms with van der Waals surface area (Å²) in [5, 5.41) is 12.3. The highest BCUT2D eigenvalue weighted by molar-refractivity contribution is 6.31. The van der Waals surface area contributed by atoms with Crippen molar-refractivity contribution in [3.63, 3.8) is 0 Å². The number of carbonyl (C=O) groups excluding carboxylic acids is 1. The van der Waals surface area contributed by atoms with E-state index in [1.165, 1.54) is 0 Å². The zero-order chi connectivity index (χ0) is 22.3. The van der Waals surface area contributed by atoms with Crippen LogP contribution in [0.5, 0.6) is 11.5 Å². The molecule has 6 nitrogen and oxygen atoms in total. The number of likely N-dealkylation sites (tertiary alicyclic amines) is 1. The molecular weight excluding hydrogens is 439 g/mol. The van der Waals surface area contributed by atoms with Gasteiger partial charge in [-0.1, -0.05) is 23.2 Å². The summed E-state index contributed by atoms with van der Waals surface area (Å²) in [5.74, 6) is 1.20. The number of aliphatic hydroxyl groups excluding tert-OH is 1. The van der Waals surface area contributed by atoms with Crippen LogP contribution in [0.1, 0.15) is 33.6 Å². The van der Waals surface area contributed by atoms with Gasteiger partial charge in [0.05, 0.1) is 30.1 Å². The second kappa shape index (κ2) is 8.41. The van der Waals surface area contributed by atoms with Crippen molar-refractivity contribution in [1.29, 1.82) is 0 Å². The third kappa shape index (κ3) is 4.71. The van der Waals surface area contributed by atoms with Crippen LogP contribution in [-0.2, 0) is 4.74 Å². The van der Waals surface area contributed by atoms with Gasteiger partial charge in [-0.3, -0.25) is 0 Å². The summed E-state index contributed by atoms with van der Waals surface area (Å²) in [6.07, 6.45) is 0.211. The first-order chi connectivity index (χ1) is 14.6. The molecule has 31 heavy (non-hydrogen) atoms. The molecule has 0 spiro atoms. The molecule has 2 aliphatic rings. The van der Waals surface area contributed by atoms with E-state index in [4.69, 9.17) is 32.7 Å². The summed E-state index contributed by atoms with van der Waals surface area (Å²) in [7, 11) is 0. The van der Waals surface area contributed by atoms with Crippen LogP contribution in [0, 0.1) is 0 Å². The third-order valence-electron chi connectivity index (χ3n) is 5.35. The molecule has 4 rings (SSSR count). The largest absolute Gasteiger partial charge is 0.453 e. The first-order valence-corrected chi connectivity index (χ1v) is 11.1. The molecule has 2 aromatic rings. The first kappa shape index (κ1) is 22.1. The maximum atomic E-state index is 12.6. The summed E-state index contributed by atoms with van der Waals surface area (Å²) in [6, 6.07) is 10.6. The first-order valence-electron chi connectivity index (χ1n) is 10.3. The number of hydrogen-bond donors (Lipinski definition) is 1. The smallest absolute Gasteiger partial charge is 0.410 e. The highest BCUT2D eigenvalue weighted by atomic mass is 35.5. The second-order valence-corrected chi connectivity index (χ2v) is 9.77. The van der Waals surface area contributed by atoms with E-state index in [2.05, 4.69) is 4.90 Å².